The van der Waals surface area contributed by atoms with Gasteiger partial charge in [-0.15, -0.1) is 0 Å². The van der Waals surface area contributed by atoms with Crippen molar-refractivity contribution >= 4 is 52.0 Å². The monoisotopic (exact) mass is 526 g/mol. The second-order valence-corrected chi connectivity index (χ2v) is 9.18. The van der Waals surface area contributed by atoms with Crippen LogP contribution in [0, 0.1) is 6.92 Å². The summed E-state index contributed by atoms with van der Waals surface area (Å²) in [5.74, 6) is -0.602. The number of fused-ring (bicyclic) bond motifs is 1. The first kappa shape index (κ1) is 25.0. The molecule has 1 aliphatic rings. The molecule has 4 aromatic carbocycles. The molecule has 8 heteroatoms. The van der Waals surface area contributed by atoms with Gasteiger partial charge in [-0.3, -0.25) is 14.9 Å². The number of urea groups is 1. The summed E-state index contributed by atoms with van der Waals surface area (Å²) in [6.45, 7) is 2.14. The van der Waals surface area contributed by atoms with Crippen LogP contribution in [-0.4, -0.2) is 25.0 Å². The van der Waals surface area contributed by atoms with Gasteiger partial charge in [-0.2, -0.15) is 0 Å². The lowest BCUT2D eigenvalue weighted by Gasteiger charge is -2.26. The molecule has 0 spiro atoms. The van der Waals surface area contributed by atoms with Crippen LogP contribution in [0.1, 0.15) is 16.7 Å². The van der Waals surface area contributed by atoms with Crippen molar-refractivity contribution in [3.8, 4) is 11.5 Å². The maximum Gasteiger partial charge on any atom is 0.335 e. The smallest absolute Gasteiger partial charge is 0.335 e. The summed E-state index contributed by atoms with van der Waals surface area (Å²) in [6.07, 6.45) is 1.41. The summed E-state index contributed by atoms with van der Waals surface area (Å²) in [5.41, 5.74) is 2.38. The largest absolute Gasteiger partial charge is 0.493 e. The maximum atomic E-state index is 13.2. The number of anilines is 1. The van der Waals surface area contributed by atoms with Crippen molar-refractivity contribution < 1.29 is 23.9 Å². The van der Waals surface area contributed by atoms with E-state index in [1.807, 2.05) is 37.3 Å². The van der Waals surface area contributed by atoms with Crippen LogP contribution in [0.5, 0.6) is 11.5 Å². The number of carbonyl (C=O) groups excluding carboxylic acids is 3. The molecule has 1 N–H and O–H groups in total. The van der Waals surface area contributed by atoms with Crippen LogP contribution in [0.2, 0.25) is 5.02 Å². The van der Waals surface area contributed by atoms with Gasteiger partial charge in [0.25, 0.3) is 11.8 Å². The van der Waals surface area contributed by atoms with E-state index in [-0.39, 0.29) is 11.3 Å². The zero-order chi connectivity index (χ0) is 26.8. The zero-order valence-corrected chi connectivity index (χ0v) is 21.4. The van der Waals surface area contributed by atoms with E-state index in [0.717, 1.165) is 26.8 Å². The van der Waals surface area contributed by atoms with Gasteiger partial charge in [0, 0.05) is 5.02 Å². The molecule has 1 fully saturated rings. The van der Waals surface area contributed by atoms with E-state index >= 15 is 0 Å². The number of barbiturate groups is 1. The number of hydrogen-bond acceptors (Lipinski definition) is 5. The molecule has 1 aliphatic heterocycles. The number of nitrogens with zero attached hydrogens (tertiary/aromatic N) is 1. The van der Waals surface area contributed by atoms with E-state index in [4.69, 9.17) is 21.1 Å². The molecular weight excluding hydrogens is 504 g/mol. The quantitative estimate of drug-likeness (QED) is 0.244. The molecular formula is C30H23ClN2O5. The average Bonchev–Trinajstić information content (AvgIpc) is 2.91. The topological polar surface area (TPSA) is 84.9 Å². The Morgan fingerprint density at radius 3 is 2.45 bits per heavy atom. The highest BCUT2D eigenvalue weighted by atomic mass is 35.5. The summed E-state index contributed by atoms with van der Waals surface area (Å²) < 4.78 is 11.5. The van der Waals surface area contributed by atoms with E-state index in [1.165, 1.54) is 19.3 Å². The van der Waals surface area contributed by atoms with Crippen LogP contribution >= 0.6 is 11.6 Å². The van der Waals surface area contributed by atoms with Gasteiger partial charge in [-0.05, 0) is 70.8 Å². The Hall–Kier alpha value is -4.62. The maximum absolute atomic E-state index is 13.2. The average molecular weight is 527 g/mol. The molecule has 0 aliphatic carbocycles. The molecule has 7 nitrogen and oxygen atoms in total. The van der Waals surface area contributed by atoms with Gasteiger partial charge in [-0.25, -0.2) is 9.69 Å². The van der Waals surface area contributed by atoms with E-state index in [9.17, 15) is 14.4 Å². The van der Waals surface area contributed by atoms with Crippen molar-refractivity contribution in [3.05, 3.63) is 106 Å². The van der Waals surface area contributed by atoms with Crippen molar-refractivity contribution in [2.75, 3.05) is 12.0 Å². The highest BCUT2D eigenvalue weighted by molar-refractivity contribution is 6.39. The van der Waals surface area contributed by atoms with E-state index in [2.05, 4.69) is 17.4 Å². The molecule has 190 valence electrons. The van der Waals surface area contributed by atoms with Crippen LogP contribution in [0.3, 0.4) is 0 Å². The van der Waals surface area contributed by atoms with Crippen LogP contribution in [0.4, 0.5) is 10.5 Å². The molecule has 0 saturated carbocycles. The lowest BCUT2D eigenvalue weighted by Crippen LogP contribution is -2.54. The van der Waals surface area contributed by atoms with Gasteiger partial charge < -0.3 is 9.47 Å². The SMILES string of the molecule is COc1cc(/C=C2/C(=O)NC(=O)N(c3ccc(C)c(Cl)c3)C2=O)ccc1OCc1ccc2ccccc2c1. The number of halogens is 1. The molecule has 0 bridgehead atoms. The second kappa shape index (κ2) is 10.4. The van der Waals surface area contributed by atoms with Gasteiger partial charge in [0.15, 0.2) is 11.5 Å². The number of carbonyl (C=O) groups is 3. The highest BCUT2D eigenvalue weighted by Crippen LogP contribution is 2.31. The standard InChI is InChI=1S/C30H23ClN2O5/c1-18-7-11-23(16-25(18)31)33-29(35)24(28(34)32-30(33)36)14-19-9-12-26(27(15-19)37-2)38-17-20-8-10-21-5-3-4-6-22(21)13-20/h3-16H,17H2,1-2H3,(H,32,34,36)/b24-14-. The zero-order valence-electron chi connectivity index (χ0n) is 20.7. The Balaban J connectivity index is 1.38. The van der Waals surface area contributed by atoms with Crippen molar-refractivity contribution in [2.45, 2.75) is 13.5 Å². The van der Waals surface area contributed by atoms with Crippen LogP contribution in [0.15, 0.2) is 84.4 Å². The third-order valence-electron chi connectivity index (χ3n) is 6.22. The molecule has 0 atom stereocenters. The van der Waals surface area contributed by atoms with E-state index < -0.39 is 17.8 Å². The number of nitrogens with one attached hydrogen (secondary N) is 1. The first-order valence-electron chi connectivity index (χ1n) is 11.8. The minimum Gasteiger partial charge on any atom is -0.493 e. The van der Waals surface area contributed by atoms with Gasteiger partial charge in [-0.1, -0.05) is 60.1 Å². The van der Waals surface area contributed by atoms with Gasteiger partial charge >= 0.3 is 6.03 Å². The van der Waals surface area contributed by atoms with Crippen molar-refractivity contribution in [2.24, 2.45) is 0 Å². The van der Waals surface area contributed by atoms with E-state index in [1.54, 1.807) is 30.3 Å². The van der Waals surface area contributed by atoms with Crippen LogP contribution < -0.4 is 19.7 Å². The molecule has 38 heavy (non-hydrogen) atoms. The number of imide groups is 2. The molecule has 4 aromatic rings. The van der Waals surface area contributed by atoms with Gasteiger partial charge in [0.05, 0.1) is 12.8 Å². The van der Waals surface area contributed by atoms with Crippen molar-refractivity contribution in [1.29, 1.82) is 0 Å². The number of ether oxygens (including phenoxy) is 2. The number of hydrogen-bond donors (Lipinski definition) is 1. The Morgan fingerprint density at radius 2 is 1.68 bits per heavy atom. The van der Waals surface area contributed by atoms with Gasteiger partial charge in [0.2, 0.25) is 0 Å². The molecule has 1 heterocycles. The predicted octanol–water partition coefficient (Wildman–Crippen LogP) is 6.06. The molecule has 0 aromatic heterocycles. The van der Waals surface area contributed by atoms with E-state index in [0.29, 0.717) is 28.7 Å². The predicted molar refractivity (Wildman–Crippen MR) is 146 cm³/mol. The van der Waals surface area contributed by atoms with Crippen molar-refractivity contribution in [1.82, 2.24) is 5.32 Å². The minimum atomic E-state index is -0.841. The normalized spacial score (nSPS) is 14.7. The Bertz CT molecular complexity index is 1630. The summed E-state index contributed by atoms with van der Waals surface area (Å²) in [6, 6.07) is 23.2. The molecule has 0 radical (unpaired) electrons. The fourth-order valence-corrected chi connectivity index (χ4v) is 4.34. The summed E-state index contributed by atoms with van der Waals surface area (Å²) in [4.78, 5) is 39.1. The molecule has 4 amide bonds. The highest BCUT2D eigenvalue weighted by Gasteiger charge is 2.37. The number of methoxy groups -OCH3 is 1. The first-order chi connectivity index (χ1) is 18.3. The molecule has 0 unspecified atom stereocenters. The summed E-state index contributed by atoms with van der Waals surface area (Å²) >= 11 is 6.18. The third-order valence-corrected chi connectivity index (χ3v) is 6.63. The van der Waals surface area contributed by atoms with Gasteiger partial charge in [0.1, 0.15) is 12.2 Å². The lowest BCUT2D eigenvalue weighted by molar-refractivity contribution is -0.122. The summed E-state index contributed by atoms with van der Waals surface area (Å²) in [5, 5.41) is 4.89. The number of aryl methyl sites for hydroxylation is 1. The second-order valence-electron chi connectivity index (χ2n) is 8.77. The Labute approximate surface area is 224 Å². The number of benzene rings is 4. The molecule has 5 rings (SSSR count). The van der Waals surface area contributed by atoms with Crippen LogP contribution in [-0.2, 0) is 16.2 Å². The Kier molecular flexibility index (Phi) is 6.85. The first-order valence-corrected chi connectivity index (χ1v) is 12.2. The lowest BCUT2D eigenvalue weighted by atomic mass is 10.1. The summed E-state index contributed by atoms with van der Waals surface area (Å²) in [7, 11) is 1.51. The number of rotatable bonds is 6. The molecule has 1 saturated heterocycles. The minimum absolute atomic E-state index is 0.201. The third kappa shape index (κ3) is 4.96. The fourth-order valence-electron chi connectivity index (χ4n) is 4.16. The fraction of sp³-hybridized carbons (Fsp3) is 0.100. The number of amides is 4. The van der Waals surface area contributed by atoms with Crippen molar-refractivity contribution in [3.63, 3.8) is 0 Å². The van der Waals surface area contributed by atoms with Crippen LogP contribution in [0.25, 0.3) is 16.8 Å². The Morgan fingerprint density at radius 1 is 0.895 bits per heavy atom.